The van der Waals surface area contributed by atoms with Crippen LogP contribution in [0.4, 0.5) is 19.0 Å². The van der Waals surface area contributed by atoms with Gasteiger partial charge in [-0.2, -0.15) is 13.2 Å². The topological polar surface area (TPSA) is 45.2 Å². The number of aromatic nitrogens is 1. The molecule has 1 aromatic carbocycles. The van der Waals surface area contributed by atoms with E-state index in [4.69, 9.17) is 0 Å². The van der Waals surface area contributed by atoms with Gasteiger partial charge in [-0.25, -0.2) is 4.98 Å². The van der Waals surface area contributed by atoms with E-state index >= 15 is 0 Å². The molecule has 1 aromatic heterocycles. The zero-order valence-electron chi connectivity index (χ0n) is 9.33. The number of nitrogens with zero attached hydrogens (tertiary/aromatic N) is 1. The molecule has 0 bridgehead atoms. The lowest BCUT2D eigenvalue weighted by atomic mass is 10.1. The molecule has 0 unspecified atom stereocenters. The number of pyridine rings is 1. The molecule has 0 saturated heterocycles. The molecular formula is C12H11F3N2O. The van der Waals surface area contributed by atoms with Crippen molar-refractivity contribution in [2.45, 2.75) is 12.6 Å². The summed E-state index contributed by atoms with van der Waals surface area (Å²) in [6, 6.07) is 6.39. The standard InChI is InChI=1S/C12H11F3N2O/c13-12(14,15)4-6-17-11-10-7-9(18)2-1-8(10)3-5-16-11/h1-3,5,7,18H,4,6H2,(H,16,17). The van der Waals surface area contributed by atoms with E-state index in [1.54, 1.807) is 12.1 Å². The summed E-state index contributed by atoms with van der Waals surface area (Å²) in [5.74, 6) is 0.391. The highest BCUT2D eigenvalue weighted by Crippen LogP contribution is 2.26. The molecule has 0 fully saturated rings. The normalized spacial score (nSPS) is 11.7. The van der Waals surface area contributed by atoms with E-state index in [1.807, 2.05) is 0 Å². The highest BCUT2D eigenvalue weighted by molar-refractivity contribution is 5.92. The summed E-state index contributed by atoms with van der Waals surface area (Å²) in [5, 5.41) is 13.4. The summed E-state index contributed by atoms with van der Waals surface area (Å²) in [5.41, 5.74) is 0. The molecule has 0 amide bonds. The molecule has 2 N–H and O–H groups in total. The number of phenolic OH excluding ortho intramolecular Hbond substituents is 1. The number of nitrogens with one attached hydrogen (secondary N) is 1. The van der Waals surface area contributed by atoms with E-state index in [-0.39, 0.29) is 12.3 Å². The predicted octanol–water partition coefficient (Wildman–Crippen LogP) is 3.30. The lowest BCUT2D eigenvalue weighted by Gasteiger charge is -2.10. The maximum atomic E-state index is 12.0. The number of alkyl halides is 3. The van der Waals surface area contributed by atoms with Gasteiger partial charge in [0.2, 0.25) is 0 Å². The van der Waals surface area contributed by atoms with Crippen molar-refractivity contribution in [1.29, 1.82) is 0 Å². The van der Waals surface area contributed by atoms with Crippen molar-refractivity contribution in [3.8, 4) is 5.75 Å². The first-order valence-electron chi connectivity index (χ1n) is 5.34. The van der Waals surface area contributed by atoms with Gasteiger partial charge in [0.15, 0.2) is 0 Å². The average molecular weight is 256 g/mol. The van der Waals surface area contributed by atoms with Gasteiger partial charge in [-0.3, -0.25) is 0 Å². The molecule has 0 saturated carbocycles. The van der Waals surface area contributed by atoms with Crippen LogP contribution in [0.15, 0.2) is 30.5 Å². The van der Waals surface area contributed by atoms with Crippen LogP contribution in [-0.4, -0.2) is 22.8 Å². The Labute approximate surface area is 101 Å². The zero-order valence-corrected chi connectivity index (χ0v) is 9.33. The van der Waals surface area contributed by atoms with Crippen molar-refractivity contribution in [2.24, 2.45) is 0 Å². The molecule has 1 heterocycles. The van der Waals surface area contributed by atoms with Crippen molar-refractivity contribution < 1.29 is 18.3 Å². The molecule has 2 rings (SSSR count). The fraction of sp³-hybridized carbons (Fsp3) is 0.250. The van der Waals surface area contributed by atoms with Gasteiger partial charge >= 0.3 is 6.18 Å². The van der Waals surface area contributed by atoms with Crippen LogP contribution in [0.3, 0.4) is 0 Å². The third kappa shape index (κ3) is 3.03. The van der Waals surface area contributed by atoms with Crippen LogP contribution in [0.5, 0.6) is 5.75 Å². The number of phenols is 1. The molecule has 3 nitrogen and oxygen atoms in total. The maximum Gasteiger partial charge on any atom is 0.390 e. The van der Waals surface area contributed by atoms with E-state index < -0.39 is 12.6 Å². The van der Waals surface area contributed by atoms with Crippen molar-refractivity contribution >= 4 is 16.6 Å². The highest BCUT2D eigenvalue weighted by Gasteiger charge is 2.26. The summed E-state index contributed by atoms with van der Waals surface area (Å²) in [6.45, 7) is -0.245. The Kier molecular flexibility index (Phi) is 3.27. The van der Waals surface area contributed by atoms with Crippen LogP contribution in [0, 0.1) is 0 Å². The Morgan fingerprint density at radius 1 is 1.22 bits per heavy atom. The molecule has 0 aliphatic carbocycles. The van der Waals surface area contributed by atoms with Crippen molar-refractivity contribution in [2.75, 3.05) is 11.9 Å². The largest absolute Gasteiger partial charge is 0.508 e. The Hall–Kier alpha value is -1.98. The van der Waals surface area contributed by atoms with Gasteiger partial charge in [-0.05, 0) is 23.6 Å². The minimum Gasteiger partial charge on any atom is -0.508 e. The summed E-state index contributed by atoms with van der Waals surface area (Å²) in [4.78, 5) is 3.98. The zero-order chi connectivity index (χ0) is 13.2. The number of hydrogen-bond donors (Lipinski definition) is 2. The summed E-state index contributed by atoms with van der Waals surface area (Å²) >= 11 is 0. The first-order valence-corrected chi connectivity index (χ1v) is 5.34. The monoisotopic (exact) mass is 256 g/mol. The molecule has 96 valence electrons. The van der Waals surface area contributed by atoms with Crippen LogP contribution in [-0.2, 0) is 0 Å². The minimum atomic E-state index is -4.19. The average Bonchev–Trinajstić information content (AvgIpc) is 2.28. The van der Waals surface area contributed by atoms with Gasteiger partial charge in [0.05, 0.1) is 6.42 Å². The third-order valence-electron chi connectivity index (χ3n) is 2.45. The van der Waals surface area contributed by atoms with Gasteiger partial charge < -0.3 is 10.4 Å². The van der Waals surface area contributed by atoms with Crippen LogP contribution >= 0.6 is 0 Å². The first-order chi connectivity index (χ1) is 8.46. The lowest BCUT2D eigenvalue weighted by molar-refractivity contribution is -0.131. The second-order valence-electron chi connectivity index (χ2n) is 3.86. The Morgan fingerprint density at radius 3 is 2.72 bits per heavy atom. The molecule has 0 aliphatic rings. The second-order valence-corrected chi connectivity index (χ2v) is 3.86. The molecule has 0 radical (unpaired) electrons. The third-order valence-corrected chi connectivity index (χ3v) is 2.45. The SMILES string of the molecule is Oc1ccc2ccnc(NCCC(F)(F)F)c2c1. The van der Waals surface area contributed by atoms with E-state index in [0.717, 1.165) is 5.39 Å². The smallest absolute Gasteiger partial charge is 0.390 e. The van der Waals surface area contributed by atoms with Crippen LogP contribution in [0.25, 0.3) is 10.8 Å². The second kappa shape index (κ2) is 4.72. The lowest BCUT2D eigenvalue weighted by Crippen LogP contribution is -2.15. The molecular weight excluding hydrogens is 245 g/mol. The van der Waals surface area contributed by atoms with E-state index in [9.17, 15) is 18.3 Å². The van der Waals surface area contributed by atoms with Crippen LogP contribution in [0.1, 0.15) is 6.42 Å². The van der Waals surface area contributed by atoms with Gasteiger partial charge in [-0.1, -0.05) is 6.07 Å². The number of hydrogen-bond acceptors (Lipinski definition) is 3. The van der Waals surface area contributed by atoms with E-state index in [0.29, 0.717) is 11.2 Å². The van der Waals surface area contributed by atoms with E-state index in [2.05, 4.69) is 10.3 Å². The number of benzene rings is 1. The molecule has 18 heavy (non-hydrogen) atoms. The number of rotatable bonds is 3. The quantitative estimate of drug-likeness (QED) is 0.885. The molecule has 6 heteroatoms. The first kappa shape index (κ1) is 12.5. The van der Waals surface area contributed by atoms with Crippen molar-refractivity contribution in [3.63, 3.8) is 0 Å². The van der Waals surface area contributed by atoms with Gasteiger partial charge in [-0.15, -0.1) is 0 Å². The van der Waals surface area contributed by atoms with Crippen LogP contribution < -0.4 is 5.32 Å². The highest BCUT2D eigenvalue weighted by atomic mass is 19.4. The fourth-order valence-corrected chi connectivity index (χ4v) is 1.62. The Bertz CT molecular complexity index is 555. The van der Waals surface area contributed by atoms with Gasteiger partial charge in [0.1, 0.15) is 11.6 Å². The predicted molar refractivity (Wildman–Crippen MR) is 62.6 cm³/mol. The molecule has 2 aromatic rings. The maximum absolute atomic E-state index is 12.0. The van der Waals surface area contributed by atoms with Gasteiger partial charge in [0, 0.05) is 18.1 Å². The van der Waals surface area contributed by atoms with Gasteiger partial charge in [0.25, 0.3) is 0 Å². The van der Waals surface area contributed by atoms with Crippen LogP contribution in [0.2, 0.25) is 0 Å². The minimum absolute atomic E-state index is 0.0503. The number of fused-ring (bicyclic) bond motifs is 1. The fourth-order valence-electron chi connectivity index (χ4n) is 1.62. The van der Waals surface area contributed by atoms with Crippen molar-refractivity contribution in [3.05, 3.63) is 30.5 Å². The van der Waals surface area contributed by atoms with E-state index in [1.165, 1.54) is 18.3 Å². The Morgan fingerprint density at radius 2 is 2.00 bits per heavy atom. The molecule has 0 atom stereocenters. The molecule has 0 spiro atoms. The summed E-state index contributed by atoms with van der Waals surface area (Å²) in [7, 11) is 0. The summed E-state index contributed by atoms with van der Waals surface area (Å²) in [6.07, 6.45) is -3.61. The number of aromatic hydroxyl groups is 1. The van der Waals surface area contributed by atoms with Crippen molar-refractivity contribution in [1.82, 2.24) is 4.98 Å². The Balaban J connectivity index is 2.20. The molecule has 0 aliphatic heterocycles. The summed E-state index contributed by atoms with van der Waals surface area (Å²) < 4.78 is 36.1. The number of anilines is 1. The number of halogens is 3.